The number of rotatable bonds is 4. The molecule has 1 atom stereocenters. The Kier molecular flexibility index (Phi) is 6.84. The second-order valence-electron chi connectivity index (χ2n) is 8.11. The fraction of sp³-hybridized carbons (Fsp3) is 0.217. The quantitative estimate of drug-likeness (QED) is 0.392. The molecule has 4 amide bonds. The van der Waals surface area contributed by atoms with Crippen molar-refractivity contribution in [3.63, 3.8) is 0 Å². The maximum atomic E-state index is 13.8. The van der Waals surface area contributed by atoms with E-state index in [9.17, 15) is 36.8 Å². The van der Waals surface area contributed by atoms with Crippen LogP contribution in [0.1, 0.15) is 42.0 Å². The number of nitrogens with zero attached hydrogens (tertiary/aromatic N) is 3. The van der Waals surface area contributed by atoms with E-state index in [1.807, 2.05) is 6.07 Å². The fourth-order valence-electron chi connectivity index (χ4n) is 4.43. The van der Waals surface area contributed by atoms with Crippen molar-refractivity contribution in [1.29, 1.82) is 5.26 Å². The van der Waals surface area contributed by atoms with Crippen LogP contribution in [0.2, 0.25) is 0 Å². The summed E-state index contributed by atoms with van der Waals surface area (Å²) >= 11 is 1.50. The molecule has 13 heteroatoms. The maximum absolute atomic E-state index is 13.8. The Morgan fingerprint density at radius 2 is 1.92 bits per heavy atom. The molecule has 9 nitrogen and oxygen atoms in total. The molecule has 0 aromatic heterocycles. The molecule has 2 aliphatic rings. The lowest BCUT2D eigenvalue weighted by Crippen LogP contribution is -2.54. The van der Waals surface area contributed by atoms with E-state index in [0.717, 1.165) is 23.3 Å². The van der Waals surface area contributed by atoms with E-state index in [1.165, 1.54) is 53.2 Å². The van der Waals surface area contributed by atoms with Crippen LogP contribution in [-0.4, -0.2) is 37.4 Å². The van der Waals surface area contributed by atoms with Crippen LogP contribution < -0.4 is 8.43 Å². The summed E-state index contributed by atoms with van der Waals surface area (Å²) in [6.45, 7) is 0. The van der Waals surface area contributed by atoms with Gasteiger partial charge in [-0.2, -0.15) is 5.26 Å². The average molecular weight is 626 g/mol. The molecule has 4 rings (SSSR count). The zero-order valence-electron chi connectivity index (χ0n) is 18.5. The summed E-state index contributed by atoms with van der Waals surface area (Å²) in [6, 6.07) is 7.30. The number of allylic oxidation sites excluding steroid dienone is 1. The van der Waals surface area contributed by atoms with Crippen molar-refractivity contribution in [2.45, 2.75) is 30.2 Å². The number of ketones is 1. The minimum Gasteiger partial charge on any atom is -0.294 e. The Bertz CT molecular complexity index is 1490. The summed E-state index contributed by atoms with van der Waals surface area (Å²) in [5.41, 5.74) is -0.121. The molecule has 186 valence electrons. The van der Waals surface area contributed by atoms with Crippen LogP contribution in [-0.2, 0) is 14.6 Å². The van der Waals surface area contributed by atoms with Gasteiger partial charge in [0.25, 0.3) is 6.43 Å². The van der Waals surface area contributed by atoms with Crippen LogP contribution in [0.15, 0.2) is 58.6 Å². The zero-order chi connectivity index (χ0) is 26.4. The van der Waals surface area contributed by atoms with E-state index in [4.69, 9.17) is 0 Å². The molecule has 2 aromatic carbocycles. The fourth-order valence-corrected chi connectivity index (χ4v) is 5.64. The molecule has 0 saturated heterocycles. The monoisotopic (exact) mass is 626 g/mol. The normalized spacial score (nSPS) is 17.9. The third-order valence-corrected chi connectivity index (χ3v) is 7.53. The highest BCUT2D eigenvalue weighted by Gasteiger charge is 2.49. The van der Waals surface area contributed by atoms with Crippen LogP contribution in [0.3, 0.4) is 0 Å². The molecule has 0 radical (unpaired) electrons. The predicted octanol–water partition coefficient (Wildman–Crippen LogP) is 4.56. The van der Waals surface area contributed by atoms with Gasteiger partial charge in [0, 0.05) is 29.5 Å². The van der Waals surface area contributed by atoms with Gasteiger partial charge in [-0.1, -0.05) is 18.2 Å². The first-order valence-corrected chi connectivity index (χ1v) is 13.4. The molecule has 0 bridgehead atoms. The Labute approximate surface area is 218 Å². The van der Waals surface area contributed by atoms with Crippen molar-refractivity contribution in [2.75, 3.05) is 11.2 Å². The van der Waals surface area contributed by atoms with Crippen LogP contribution in [0, 0.1) is 11.3 Å². The summed E-state index contributed by atoms with van der Waals surface area (Å²) in [6.07, 6.45) is -1.85. The van der Waals surface area contributed by atoms with Crippen molar-refractivity contribution < 1.29 is 31.6 Å². The number of hydrogen-bond donors (Lipinski definition) is 1. The number of sulfone groups is 1. The Morgan fingerprint density at radius 1 is 1.19 bits per heavy atom. The summed E-state index contributed by atoms with van der Waals surface area (Å²) in [5.74, 6) is -0.424. The van der Waals surface area contributed by atoms with Crippen molar-refractivity contribution in [2.24, 2.45) is 0 Å². The molecule has 1 aliphatic carbocycles. The summed E-state index contributed by atoms with van der Waals surface area (Å²) < 4.78 is 54.4. The minimum atomic E-state index is -3.97. The number of nitrogens with one attached hydrogen (secondary N) is 1. The highest BCUT2D eigenvalue weighted by atomic mass is 127. The number of hydrogen-bond acceptors (Lipinski definition) is 6. The van der Waals surface area contributed by atoms with Gasteiger partial charge in [-0.3, -0.25) is 13.2 Å². The second-order valence-corrected chi connectivity index (χ2v) is 10.6. The van der Waals surface area contributed by atoms with Gasteiger partial charge in [-0.05, 0) is 36.2 Å². The first-order valence-electron chi connectivity index (χ1n) is 10.4. The van der Waals surface area contributed by atoms with Gasteiger partial charge in [0.15, 0.2) is 15.6 Å². The highest BCUT2D eigenvalue weighted by Crippen LogP contribution is 2.46. The van der Waals surface area contributed by atoms with Crippen molar-refractivity contribution in [3.05, 3.63) is 70.4 Å². The number of amides is 4. The van der Waals surface area contributed by atoms with E-state index in [1.54, 1.807) is 0 Å². The van der Waals surface area contributed by atoms with Gasteiger partial charge in [-0.25, -0.2) is 31.7 Å². The number of Topliss-reactive ketones (excluding diaryl/α,β-unsaturated/α-hetero) is 1. The molecule has 0 spiro atoms. The van der Waals surface area contributed by atoms with Gasteiger partial charge in [0.05, 0.1) is 45.1 Å². The van der Waals surface area contributed by atoms with Crippen LogP contribution in [0.25, 0.3) is 0 Å². The molecule has 1 unspecified atom stereocenters. The van der Waals surface area contributed by atoms with Crippen LogP contribution >= 0.6 is 22.9 Å². The van der Waals surface area contributed by atoms with Gasteiger partial charge in [0.2, 0.25) is 0 Å². The number of nitriles is 1. The van der Waals surface area contributed by atoms with Gasteiger partial charge >= 0.3 is 12.1 Å². The van der Waals surface area contributed by atoms with E-state index >= 15 is 0 Å². The summed E-state index contributed by atoms with van der Waals surface area (Å²) in [5, 5.41) is 9.27. The third kappa shape index (κ3) is 4.35. The first kappa shape index (κ1) is 25.7. The SMILES string of the molecule is CS(=O)(=O)c1cc(C#N)ccc1C1C2=C(CCC2=O)N(c2cccc(C(F)F)c2)C(=O)N1C(=O)NI. The number of anilines is 1. The topological polar surface area (TPSA) is 128 Å². The van der Waals surface area contributed by atoms with Gasteiger partial charge in [0.1, 0.15) is 6.04 Å². The molecule has 0 saturated carbocycles. The van der Waals surface area contributed by atoms with Gasteiger partial charge < -0.3 is 0 Å². The average Bonchev–Trinajstić information content (AvgIpc) is 3.22. The van der Waals surface area contributed by atoms with Crippen LogP contribution in [0.4, 0.5) is 24.1 Å². The van der Waals surface area contributed by atoms with E-state index < -0.39 is 40.2 Å². The number of carbonyl (C=O) groups excluding carboxylic acids is 3. The number of urea groups is 2. The summed E-state index contributed by atoms with van der Waals surface area (Å²) in [4.78, 5) is 41.3. The predicted molar refractivity (Wildman–Crippen MR) is 132 cm³/mol. The number of benzene rings is 2. The maximum Gasteiger partial charge on any atom is 0.337 e. The molecule has 0 fully saturated rings. The van der Waals surface area contributed by atoms with Crippen LogP contribution in [0.5, 0.6) is 0 Å². The van der Waals surface area contributed by atoms with Crippen molar-refractivity contribution in [1.82, 2.24) is 8.43 Å². The molecule has 1 aliphatic heterocycles. The Morgan fingerprint density at radius 3 is 2.53 bits per heavy atom. The van der Waals surface area contributed by atoms with E-state index in [2.05, 4.69) is 3.53 Å². The highest BCUT2D eigenvalue weighted by molar-refractivity contribution is 14.1. The first-order chi connectivity index (χ1) is 17.0. The molecule has 1 N–H and O–H groups in total. The molecular weight excluding hydrogens is 609 g/mol. The Balaban J connectivity index is 2.03. The molecule has 2 aromatic rings. The largest absolute Gasteiger partial charge is 0.337 e. The number of halogens is 3. The molecule has 36 heavy (non-hydrogen) atoms. The smallest absolute Gasteiger partial charge is 0.294 e. The summed E-state index contributed by atoms with van der Waals surface area (Å²) in [7, 11) is -3.97. The standard InChI is InChI=1S/C23H17F2IN4O5S/c1-36(34,35)18-9-12(11-27)5-6-15(18)20-19-16(7-8-17(19)31)29(23(33)30(20)22(32)28-26)14-4-2-3-13(10-14)21(24)25/h2-6,9-10,20-21H,7-8H2,1H3,(H,28,32). The second kappa shape index (κ2) is 9.58. The number of imide groups is 1. The minimum absolute atomic E-state index is 0.00616. The lowest BCUT2D eigenvalue weighted by atomic mass is 9.92. The van der Waals surface area contributed by atoms with Crippen molar-refractivity contribution in [3.8, 4) is 6.07 Å². The third-order valence-electron chi connectivity index (χ3n) is 5.92. The molecular formula is C23H17F2IN4O5S. The zero-order valence-corrected chi connectivity index (χ0v) is 21.5. The number of carbonyl (C=O) groups is 3. The lowest BCUT2D eigenvalue weighted by molar-refractivity contribution is -0.115. The molecule has 1 heterocycles. The van der Waals surface area contributed by atoms with E-state index in [0.29, 0.717) is 4.90 Å². The number of alkyl halides is 2. The Hall–Kier alpha value is -3.38. The van der Waals surface area contributed by atoms with Gasteiger partial charge in [-0.15, -0.1) is 0 Å². The lowest BCUT2D eigenvalue weighted by Gasteiger charge is -2.41. The van der Waals surface area contributed by atoms with Crippen molar-refractivity contribution >= 4 is 56.2 Å². The van der Waals surface area contributed by atoms with E-state index in [-0.39, 0.29) is 51.4 Å².